The molecule has 2 aromatic rings. The molecule has 118 valence electrons. The van der Waals surface area contributed by atoms with Crippen LogP contribution in [-0.4, -0.2) is 12.5 Å². The Morgan fingerprint density at radius 2 is 2.00 bits per heavy atom. The van der Waals surface area contributed by atoms with E-state index in [-0.39, 0.29) is 11.9 Å². The fraction of sp³-hybridized carbons (Fsp3) is 0.389. The largest absolute Gasteiger partial charge is 0.493 e. The summed E-state index contributed by atoms with van der Waals surface area (Å²) in [7, 11) is 0. The van der Waals surface area contributed by atoms with Crippen LogP contribution in [0.2, 0.25) is 0 Å². The Morgan fingerprint density at radius 3 is 2.68 bits per heavy atom. The molecule has 1 amide bonds. The number of benzene rings is 1. The van der Waals surface area contributed by atoms with E-state index in [1.165, 1.54) is 0 Å². The highest BCUT2D eigenvalue weighted by Crippen LogP contribution is 2.17. The van der Waals surface area contributed by atoms with E-state index in [1.807, 2.05) is 57.2 Å². The molecule has 0 fully saturated rings. The zero-order valence-corrected chi connectivity index (χ0v) is 13.4. The van der Waals surface area contributed by atoms with E-state index in [0.29, 0.717) is 19.4 Å². The molecule has 1 atom stereocenters. The molecule has 1 aromatic carbocycles. The summed E-state index contributed by atoms with van der Waals surface area (Å²) in [5.74, 6) is 2.52. The second-order valence-electron chi connectivity index (χ2n) is 5.46. The minimum absolute atomic E-state index is 0.00920. The van der Waals surface area contributed by atoms with Crippen molar-refractivity contribution >= 4 is 5.91 Å². The monoisotopic (exact) mass is 301 g/mol. The van der Waals surface area contributed by atoms with Gasteiger partial charge in [0.05, 0.1) is 12.6 Å². The van der Waals surface area contributed by atoms with Crippen molar-refractivity contribution in [1.82, 2.24) is 5.32 Å². The van der Waals surface area contributed by atoms with Gasteiger partial charge in [0.25, 0.3) is 0 Å². The highest BCUT2D eigenvalue weighted by Gasteiger charge is 2.12. The number of amides is 1. The number of furan rings is 1. The topological polar surface area (TPSA) is 51.5 Å². The van der Waals surface area contributed by atoms with E-state index < -0.39 is 0 Å². The van der Waals surface area contributed by atoms with Gasteiger partial charge in [0.15, 0.2) is 0 Å². The van der Waals surface area contributed by atoms with Crippen LogP contribution in [0.3, 0.4) is 0 Å². The molecule has 0 unspecified atom stereocenters. The first-order valence-electron chi connectivity index (χ1n) is 7.60. The van der Waals surface area contributed by atoms with Crippen LogP contribution in [0.25, 0.3) is 0 Å². The second kappa shape index (κ2) is 7.69. The zero-order valence-electron chi connectivity index (χ0n) is 13.4. The number of nitrogens with one attached hydrogen (secondary N) is 1. The molecule has 0 bridgehead atoms. The lowest BCUT2D eigenvalue weighted by Gasteiger charge is -2.12. The first kappa shape index (κ1) is 16.1. The number of para-hydroxylation sites is 1. The number of ether oxygens (including phenoxy) is 1. The first-order valence-corrected chi connectivity index (χ1v) is 7.60. The number of carbonyl (C=O) groups excluding carboxylic acids is 1. The van der Waals surface area contributed by atoms with E-state index in [4.69, 9.17) is 9.15 Å². The van der Waals surface area contributed by atoms with Crippen molar-refractivity contribution in [2.24, 2.45) is 0 Å². The molecular weight excluding hydrogens is 278 g/mol. The SMILES string of the molecule is Cc1ccc([C@@H](C)NC(=O)CCCOc2ccccc2C)o1. The maximum Gasteiger partial charge on any atom is 0.220 e. The van der Waals surface area contributed by atoms with Crippen LogP contribution in [0, 0.1) is 13.8 Å². The number of rotatable bonds is 7. The van der Waals surface area contributed by atoms with Gasteiger partial charge < -0.3 is 14.5 Å². The van der Waals surface area contributed by atoms with Gasteiger partial charge in [-0.2, -0.15) is 0 Å². The molecule has 4 heteroatoms. The standard InChI is InChI=1S/C18H23NO3/c1-13-7-4-5-8-16(13)21-12-6-9-18(20)19-15(3)17-11-10-14(2)22-17/h4-5,7-8,10-11,15H,6,9,12H2,1-3H3,(H,19,20)/t15-/m1/s1. The molecule has 0 spiro atoms. The Hall–Kier alpha value is -2.23. The third-order valence-electron chi connectivity index (χ3n) is 3.46. The summed E-state index contributed by atoms with van der Waals surface area (Å²) in [5, 5.41) is 2.93. The summed E-state index contributed by atoms with van der Waals surface area (Å²) in [5.41, 5.74) is 1.11. The van der Waals surface area contributed by atoms with Gasteiger partial charge in [-0.05, 0) is 51.0 Å². The lowest BCUT2D eigenvalue weighted by molar-refractivity contribution is -0.122. The normalized spacial score (nSPS) is 12.0. The van der Waals surface area contributed by atoms with Crippen molar-refractivity contribution in [2.75, 3.05) is 6.61 Å². The molecule has 22 heavy (non-hydrogen) atoms. The van der Waals surface area contributed by atoms with Gasteiger partial charge in [0, 0.05) is 6.42 Å². The van der Waals surface area contributed by atoms with Crippen LogP contribution in [-0.2, 0) is 4.79 Å². The van der Waals surface area contributed by atoms with Gasteiger partial charge >= 0.3 is 0 Å². The Morgan fingerprint density at radius 1 is 1.23 bits per heavy atom. The summed E-state index contributed by atoms with van der Waals surface area (Å²) < 4.78 is 11.2. The Balaban J connectivity index is 1.69. The van der Waals surface area contributed by atoms with E-state index >= 15 is 0 Å². The van der Waals surface area contributed by atoms with Crippen LogP contribution >= 0.6 is 0 Å². The molecule has 4 nitrogen and oxygen atoms in total. The van der Waals surface area contributed by atoms with Gasteiger partial charge in [-0.15, -0.1) is 0 Å². The second-order valence-corrected chi connectivity index (χ2v) is 5.46. The Bertz CT molecular complexity index is 618. The molecule has 0 saturated heterocycles. The van der Waals surface area contributed by atoms with E-state index in [9.17, 15) is 4.79 Å². The molecule has 0 aliphatic heterocycles. The van der Waals surface area contributed by atoms with Gasteiger partial charge in [-0.25, -0.2) is 0 Å². The molecule has 0 aliphatic rings. The average Bonchev–Trinajstić information content (AvgIpc) is 2.92. The summed E-state index contributed by atoms with van der Waals surface area (Å²) in [6, 6.07) is 11.6. The fourth-order valence-electron chi connectivity index (χ4n) is 2.20. The maximum absolute atomic E-state index is 11.9. The zero-order chi connectivity index (χ0) is 15.9. The predicted octanol–water partition coefficient (Wildman–Crippen LogP) is 3.93. The summed E-state index contributed by atoms with van der Waals surface area (Å²) >= 11 is 0. The lowest BCUT2D eigenvalue weighted by Crippen LogP contribution is -2.26. The number of aryl methyl sites for hydroxylation is 2. The van der Waals surface area contributed by atoms with Crippen molar-refractivity contribution < 1.29 is 13.9 Å². The highest BCUT2D eigenvalue weighted by molar-refractivity contribution is 5.76. The predicted molar refractivity (Wildman–Crippen MR) is 85.9 cm³/mol. The molecular formula is C18H23NO3. The third kappa shape index (κ3) is 4.65. The molecule has 1 aromatic heterocycles. The smallest absolute Gasteiger partial charge is 0.220 e. The summed E-state index contributed by atoms with van der Waals surface area (Å²) in [4.78, 5) is 11.9. The van der Waals surface area contributed by atoms with Crippen molar-refractivity contribution in [3.8, 4) is 5.75 Å². The van der Waals surface area contributed by atoms with Gasteiger partial charge in [-0.3, -0.25) is 4.79 Å². The third-order valence-corrected chi connectivity index (χ3v) is 3.46. The quantitative estimate of drug-likeness (QED) is 0.788. The Kier molecular flexibility index (Phi) is 5.64. The maximum atomic E-state index is 11.9. The molecule has 1 N–H and O–H groups in total. The molecule has 0 saturated carbocycles. The molecule has 0 radical (unpaired) electrons. The van der Waals surface area contributed by atoms with Crippen molar-refractivity contribution in [2.45, 2.75) is 39.7 Å². The van der Waals surface area contributed by atoms with Gasteiger partial charge in [0.1, 0.15) is 17.3 Å². The van der Waals surface area contributed by atoms with Crippen molar-refractivity contribution in [3.63, 3.8) is 0 Å². The van der Waals surface area contributed by atoms with Gasteiger partial charge in [0.2, 0.25) is 5.91 Å². The first-order chi connectivity index (χ1) is 10.6. The van der Waals surface area contributed by atoms with Crippen LogP contribution in [0.4, 0.5) is 0 Å². The minimum atomic E-state index is -0.113. The van der Waals surface area contributed by atoms with Crippen LogP contribution in [0.15, 0.2) is 40.8 Å². The van der Waals surface area contributed by atoms with Crippen molar-refractivity contribution in [1.29, 1.82) is 0 Å². The van der Waals surface area contributed by atoms with Crippen LogP contribution in [0.1, 0.15) is 42.9 Å². The number of hydrogen-bond acceptors (Lipinski definition) is 3. The number of carbonyl (C=O) groups is 1. The van der Waals surface area contributed by atoms with Gasteiger partial charge in [-0.1, -0.05) is 18.2 Å². The average molecular weight is 301 g/mol. The van der Waals surface area contributed by atoms with Crippen molar-refractivity contribution in [3.05, 3.63) is 53.5 Å². The lowest BCUT2D eigenvalue weighted by atomic mass is 10.2. The Labute approximate surface area is 131 Å². The number of hydrogen-bond donors (Lipinski definition) is 1. The van der Waals surface area contributed by atoms with E-state index in [0.717, 1.165) is 22.8 Å². The molecule has 1 heterocycles. The van der Waals surface area contributed by atoms with Crippen LogP contribution < -0.4 is 10.1 Å². The molecule has 0 aliphatic carbocycles. The van der Waals surface area contributed by atoms with E-state index in [2.05, 4.69) is 5.32 Å². The van der Waals surface area contributed by atoms with Crippen LogP contribution in [0.5, 0.6) is 5.75 Å². The summed E-state index contributed by atoms with van der Waals surface area (Å²) in [6.45, 7) is 6.35. The highest BCUT2D eigenvalue weighted by atomic mass is 16.5. The molecule has 2 rings (SSSR count). The minimum Gasteiger partial charge on any atom is -0.493 e. The van der Waals surface area contributed by atoms with E-state index in [1.54, 1.807) is 0 Å². The summed E-state index contributed by atoms with van der Waals surface area (Å²) in [6.07, 6.45) is 1.12. The fourth-order valence-corrected chi connectivity index (χ4v) is 2.20.